The first-order valence-electron chi connectivity index (χ1n) is 10.6. The van der Waals surface area contributed by atoms with Crippen LogP contribution < -0.4 is 5.32 Å². The van der Waals surface area contributed by atoms with Gasteiger partial charge >= 0.3 is 0 Å². The van der Waals surface area contributed by atoms with Crippen LogP contribution in [-0.4, -0.2) is 38.1 Å². The lowest BCUT2D eigenvalue weighted by molar-refractivity contribution is 0.483. The van der Waals surface area contributed by atoms with Crippen molar-refractivity contribution in [2.24, 2.45) is 5.92 Å². The molecule has 0 amide bonds. The fourth-order valence-corrected chi connectivity index (χ4v) is 4.27. The van der Waals surface area contributed by atoms with Gasteiger partial charge in [0.15, 0.2) is 0 Å². The lowest BCUT2D eigenvalue weighted by atomic mass is 10.1. The first kappa shape index (κ1) is 20.7. The van der Waals surface area contributed by atoms with E-state index in [1.165, 1.54) is 17.5 Å². The van der Waals surface area contributed by atoms with E-state index in [-0.39, 0.29) is 0 Å². The fraction of sp³-hybridized carbons (Fsp3) is 0.333. The van der Waals surface area contributed by atoms with Crippen molar-refractivity contribution in [3.05, 3.63) is 72.7 Å². The minimum absolute atomic E-state index is 0.641. The van der Waals surface area contributed by atoms with Gasteiger partial charge in [-0.2, -0.15) is 17.7 Å². The van der Waals surface area contributed by atoms with Gasteiger partial charge in [-0.15, -0.1) is 0 Å². The summed E-state index contributed by atoms with van der Waals surface area (Å²) < 4.78 is 2.33. The highest BCUT2D eigenvalue weighted by Gasteiger charge is 2.21. The summed E-state index contributed by atoms with van der Waals surface area (Å²) in [5.74, 6) is 1.65. The Hall–Kier alpha value is -2.57. The van der Waals surface area contributed by atoms with Crippen LogP contribution in [0.4, 0.5) is 0 Å². The van der Waals surface area contributed by atoms with Crippen LogP contribution in [0, 0.1) is 5.92 Å². The number of rotatable bonds is 5. The zero-order valence-electron chi connectivity index (χ0n) is 17.3. The van der Waals surface area contributed by atoms with Gasteiger partial charge in [0.1, 0.15) is 0 Å². The quantitative estimate of drug-likeness (QED) is 0.415. The minimum atomic E-state index is 0.641. The maximum atomic E-state index is 4.73. The monoisotopic (exact) mass is 419 g/mol. The predicted octanol–water partition coefficient (Wildman–Crippen LogP) is 4.58. The second kappa shape index (κ2) is 9.96. The number of H-pyrrole nitrogens is 1. The van der Waals surface area contributed by atoms with Crippen LogP contribution in [-0.2, 0) is 13.0 Å². The van der Waals surface area contributed by atoms with Gasteiger partial charge in [-0.1, -0.05) is 30.3 Å². The molecule has 30 heavy (non-hydrogen) atoms. The number of aromatic nitrogens is 4. The molecule has 1 aromatic carbocycles. The van der Waals surface area contributed by atoms with Gasteiger partial charge in [-0.3, -0.25) is 5.10 Å². The topological polar surface area (TPSA) is 58.5 Å². The molecule has 0 bridgehead atoms. The number of fused-ring (bicyclic) bond motifs is 1. The zero-order chi connectivity index (χ0) is 20.8. The molecule has 2 atom stereocenters. The van der Waals surface area contributed by atoms with Crippen molar-refractivity contribution in [1.29, 1.82) is 0 Å². The second-order valence-electron chi connectivity index (χ2n) is 7.93. The molecule has 3 aromatic heterocycles. The van der Waals surface area contributed by atoms with E-state index in [0.717, 1.165) is 42.0 Å². The molecule has 0 radical (unpaired) electrons. The van der Waals surface area contributed by atoms with Crippen LogP contribution in [0.15, 0.2) is 67.1 Å². The Balaban J connectivity index is 0.000000204. The SMILES string of the molecule is C[C@H]1CC(Cn2ccc3nc(-c4cn[nH]c4)ccc32)CN1.SCCc1ccccc1. The molecule has 5 rings (SSSR count). The lowest BCUT2D eigenvalue weighted by Crippen LogP contribution is -2.17. The number of nitrogens with zero attached hydrogens (tertiary/aromatic N) is 3. The van der Waals surface area contributed by atoms with E-state index in [2.05, 4.69) is 88.3 Å². The summed E-state index contributed by atoms with van der Waals surface area (Å²) in [6, 6.07) is 17.4. The molecule has 4 aromatic rings. The molecule has 4 heterocycles. The molecule has 5 nitrogen and oxygen atoms in total. The summed E-state index contributed by atoms with van der Waals surface area (Å²) in [4.78, 5) is 4.73. The summed E-state index contributed by atoms with van der Waals surface area (Å²) >= 11 is 4.13. The molecule has 0 saturated carbocycles. The standard InChI is InChI=1S/C16H19N5.C8H10S/c1-11-6-12(7-17-11)10-21-5-4-15-16(21)3-2-14(20-15)13-8-18-19-9-13;9-7-6-8-4-2-1-3-5-8/h2-5,8-9,11-12,17H,6-7,10H2,1H3,(H,18,19);1-5,9H,6-7H2/t11-,12?;/m0./s1. The van der Waals surface area contributed by atoms with Crippen LogP contribution in [0.5, 0.6) is 0 Å². The highest BCUT2D eigenvalue weighted by molar-refractivity contribution is 7.80. The van der Waals surface area contributed by atoms with Crippen molar-refractivity contribution in [2.45, 2.75) is 32.4 Å². The van der Waals surface area contributed by atoms with Gasteiger partial charge in [-0.25, -0.2) is 4.98 Å². The molecule has 1 aliphatic rings. The van der Waals surface area contributed by atoms with E-state index in [4.69, 9.17) is 4.98 Å². The Morgan fingerprint density at radius 2 is 2.00 bits per heavy atom. The smallest absolute Gasteiger partial charge is 0.0888 e. The molecular formula is C24H29N5S. The summed E-state index contributed by atoms with van der Waals surface area (Å²) in [6.07, 6.45) is 8.15. The Morgan fingerprint density at radius 1 is 1.13 bits per heavy atom. The third kappa shape index (κ3) is 5.12. The number of benzene rings is 1. The van der Waals surface area contributed by atoms with Crippen LogP contribution in [0.2, 0.25) is 0 Å². The number of hydrogen-bond donors (Lipinski definition) is 3. The van der Waals surface area contributed by atoms with Crippen molar-refractivity contribution in [1.82, 2.24) is 25.1 Å². The van der Waals surface area contributed by atoms with Crippen molar-refractivity contribution in [2.75, 3.05) is 12.3 Å². The minimum Gasteiger partial charge on any atom is -0.346 e. The van der Waals surface area contributed by atoms with Gasteiger partial charge < -0.3 is 9.88 Å². The molecule has 0 spiro atoms. The second-order valence-corrected chi connectivity index (χ2v) is 8.37. The molecule has 1 aliphatic heterocycles. The number of pyridine rings is 1. The molecule has 1 unspecified atom stereocenters. The van der Waals surface area contributed by atoms with Gasteiger partial charge in [0.2, 0.25) is 0 Å². The van der Waals surface area contributed by atoms with E-state index < -0.39 is 0 Å². The Morgan fingerprint density at radius 3 is 2.70 bits per heavy atom. The average molecular weight is 420 g/mol. The van der Waals surface area contributed by atoms with Crippen LogP contribution in [0.1, 0.15) is 18.9 Å². The van der Waals surface area contributed by atoms with Crippen molar-refractivity contribution >= 4 is 23.7 Å². The van der Waals surface area contributed by atoms with Crippen molar-refractivity contribution in [3.63, 3.8) is 0 Å². The van der Waals surface area contributed by atoms with Crippen LogP contribution in [0.25, 0.3) is 22.3 Å². The van der Waals surface area contributed by atoms with Crippen molar-refractivity contribution in [3.8, 4) is 11.3 Å². The Bertz CT molecular complexity index is 1040. The summed E-state index contributed by atoms with van der Waals surface area (Å²) in [5.41, 5.74) is 5.62. The van der Waals surface area contributed by atoms with E-state index in [0.29, 0.717) is 12.0 Å². The molecule has 2 N–H and O–H groups in total. The third-order valence-electron chi connectivity index (χ3n) is 5.56. The average Bonchev–Trinajstić information content (AvgIpc) is 3.52. The van der Waals surface area contributed by atoms with Gasteiger partial charge in [0, 0.05) is 30.5 Å². The normalized spacial score (nSPS) is 18.3. The molecule has 6 heteroatoms. The third-order valence-corrected chi connectivity index (χ3v) is 5.78. The highest BCUT2D eigenvalue weighted by Crippen LogP contribution is 2.23. The molecule has 1 saturated heterocycles. The summed E-state index contributed by atoms with van der Waals surface area (Å²) in [7, 11) is 0. The van der Waals surface area contributed by atoms with Crippen molar-refractivity contribution < 1.29 is 0 Å². The maximum Gasteiger partial charge on any atom is 0.0888 e. The van der Waals surface area contributed by atoms with Gasteiger partial charge in [0.25, 0.3) is 0 Å². The van der Waals surface area contributed by atoms with E-state index in [9.17, 15) is 0 Å². The van der Waals surface area contributed by atoms with Crippen LogP contribution in [0.3, 0.4) is 0 Å². The molecule has 156 valence electrons. The maximum absolute atomic E-state index is 4.73. The van der Waals surface area contributed by atoms with Gasteiger partial charge in [-0.05, 0) is 61.7 Å². The number of aryl methyl sites for hydroxylation is 1. The fourth-order valence-electron chi connectivity index (χ4n) is 4.01. The Kier molecular flexibility index (Phi) is 6.87. The largest absolute Gasteiger partial charge is 0.346 e. The van der Waals surface area contributed by atoms with Crippen LogP contribution >= 0.6 is 12.6 Å². The number of hydrogen-bond acceptors (Lipinski definition) is 4. The number of aromatic amines is 1. The molecular weight excluding hydrogens is 390 g/mol. The number of thiol groups is 1. The first-order chi connectivity index (χ1) is 14.7. The van der Waals surface area contributed by atoms with E-state index in [1.54, 1.807) is 6.20 Å². The first-order valence-corrected chi connectivity index (χ1v) is 11.2. The number of nitrogens with one attached hydrogen (secondary N) is 2. The predicted molar refractivity (Wildman–Crippen MR) is 127 cm³/mol. The van der Waals surface area contributed by atoms with E-state index in [1.807, 2.05) is 12.3 Å². The lowest BCUT2D eigenvalue weighted by Gasteiger charge is -2.11. The molecule has 0 aliphatic carbocycles. The Labute approximate surface area is 183 Å². The summed E-state index contributed by atoms with van der Waals surface area (Å²) in [6.45, 7) is 4.43. The zero-order valence-corrected chi connectivity index (χ0v) is 18.2. The van der Waals surface area contributed by atoms with Gasteiger partial charge in [0.05, 0.1) is 22.9 Å². The molecule has 1 fully saturated rings. The summed E-state index contributed by atoms with van der Waals surface area (Å²) in [5, 5.41) is 10.3. The highest BCUT2D eigenvalue weighted by atomic mass is 32.1. The van der Waals surface area contributed by atoms with E-state index >= 15 is 0 Å².